The first-order valence-electron chi connectivity index (χ1n) is 9.65. The molecule has 0 radical (unpaired) electrons. The van der Waals surface area contributed by atoms with Gasteiger partial charge in [0, 0.05) is 17.1 Å². The number of ether oxygens (including phenoxy) is 2. The largest absolute Gasteiger partial charge is 0.486 e. The van der Waals surface area contributed by atoms with Crippen LogP contribution < -0.4 is 14.8 Å². The lowest BCUT2D eigenvalue weighted by Crippen LogP contribution is -2.32. The molecule has 0 unspecified atom stereocenters. The molecule has 2 aliphatic rings. The number of carbonyl (C=O) groups excluding carboxylic acids is 1. The van der Waals surface area contributed by atoms with Crippen LogP contribution in [0.4, 0.5) is 0 Å². The van der Waals surface area contributed by atoms with Crippen LogP contribution in [-0.4, -0.2) is 30.6 Å². The Hall–Kier alpha value is -1.79. The molecular formula is C22H25NO3S2. The van der Waals surface area contributed by atoms with Crippen LogP contribution in [0.3, 0.4) is 0 Å². The Morgan fingerprint density at radius 1 is 1.00 bits per heavy atom. The second-order valence-corrected chi connectivity index (χ2v) is 10.0. The fourth-order valence-electron chi connectivity index (χ4n) is 3.46. The standard InChI is InChI=1S/C22H25NO3S2/c1-14(2)20(17-7-8-18-19(13-17)26-10-9-25-18)23-21(24)15-3-5-16(6-4-15)22-27-11-12-28-22/h3-8,13-14,20,22H,9-12H2,1-2H3,(H,23,24)/t20-/m1/s1. The van der Waals surface area contributed by atoms with Gasteiger partial charge >= 0.3 is 0 Å². The summed E-state index contributed by atoms with van der Waals surface area (Å²) in [7, 11) is 0. The van der Waals surface area contributed by atoms with E-state index in [1.54, 1.807) is 0 Å². The van der Waals surface area contributed by atoms with Crippen LogP contribution in [0.2, 0.25) is 0 Å². The number of nitrogens with one attached hydrogen (secondary N) is 1. The van der Waals surface area contributed by atoms with Crippen LogP contribution in [0.5, 0.6) is 11.5 Å². The van der Waals surface area contributed by atoms with E-state index in [2.05, 4.69) is 31.3 Å². The molecule has 0 aliphatic carbocycles. The van der Waals surface area contributed by atoms with Gasteiger partial charge in [0.15, 0.2) is 11.5 Å². The summed E-state index contributed by atoms with van der Waals surface area (Å²) >= 11 is 3.95. The second kappa shape index (κ2) is 8.70. The van der Waals surface area contributed by atoms with E-state index in [4.69, 9.17) is 9.47 Å². The zero-order valence-electron chi connectivity index (χ0n) is 16.1. The predicted octanol–water partition coefficient (Wildman–Crippen LogP) is 5.06. The number of thioether (sulfide) groups is 2. The van der Waals surface area contributed by atoms with E-state index in [1.807, 2.05) is 53.9 Å². The minimum absolute atomic E-state index is 0.0492. The highest BCUT2D eigenvalue weighted by atomic mass is 32.2. The first-order chi connectivity index (χ1) is 13.6. The number of benzene rings is 2. The van der Waals surface area contributed by atoms with E-state index in [0.717, 1.165) is 17.1 Å². The van der Waals surface area contributed by atoms with Gasteiger partial charge in [-0.1, -0.05) is 32.0 Å². The third kappa shape index (κ3) is 4.28. The van der Waals surface area contributed by atoms with Crippen molar-refractivity contribution in [1.29, 1.82) is 0 Å². The van der Waals surface area contributed by atoms with Gasteiger partial charge in [-0.3, -0.25) is 4.79 Å². The van der Waals surface area contributed by atoms with Gasteiger partial charge < -0.3 is 14.8 Å². The minimum atomic E-state index is -0.0936. The third-order valence-corrected chi connectivity index (χ3v) is 8.05. The summed E-state index contributed by atoms with van der Waals surface area (Å²) in [5.74, 6) is 4.11. The van der Waals surface area contributed by atoms with E-state index in [9.17, 15) is 4.79 Å². The second-order valence-electron chi connectivity index (χ2n) is 7.29. The van der Waals surface area contributed by atoms with Gasteiger partial charge in [0.05, 0.1) is 10.6 Å². The smallest absolute Gasteiger partial charge is 0.251 e. The molecule has 6 heteroatoms. The molecule has 1 saturated heterocycles. The zero-order chi connectivity index (χ0) is 19.5. The maximum Gasteiger partial charge on any atom is 0.251 e. The first-order valence-corrected chi connectivity index (χ1v) is 11.7. The van der Waals surface area contributed by atoms with Crippen LogP contribution in [0.1, 0.15) is 46.0 Å². The first kappa shape index (κ1) is 19.5. The van der Waals surface area contributed by atoms with Crippen LogP contribution in [0.15, 0.2) is 42.5 Å². The van der Waals surface area contributed by atoms with Crippen molar-refractivity contribution in [3.8, 4) is 11.5 Å². The molecule has 0 saturated carbocycles. The Kier molecular flexibility index (Phi) is 6.07. The van der Waals surface area contributed by atoms with Crippen molar-refractivity contribution >= 4 is 29.4 Å². The fourth-order valence-corrected chi connectivity index (χ4v) is 6.31. The molecule has 2 aromatic rings. The van der Waals surface area contributed by atoms with Crippen molar-refractivity contribution in [2.45, 2.75) is 24.5 Å². The predicted molar refractivity (Wildman–Crippen MR) is 117 cm³/mol. The summed E-state index contributed by atoms with van der Waals surface area (Å²) in [6.07, 6.45) is 0. The summed E-state index contributed by atoms with van der Waals surface area (Å²) < 4.78 is 11.8. The van der Waals surface area contributed by atoms with Crippen molar-refractivity contribution in [1.82, 2.24) is 5.32 Å². The van der Waals surface area contributed by atoms with Crippen molar-refractivity contribution in [3.05, 3.63) is 59.2 Å². The molecule has 0 bridgehead atoms. The monoisotopic (exact) mass is 415 g/mol. The molecule has 0 spiro atoms. The minimum Gasteiger partial charge on any atom is -0.486 e. The Morgan fingerprint density at radius 2 is 1.68 bits per heavy atom. The number of carbonyl (C=O) groups is 1. The number of hydrogen-bond donors (Lipinski definition) is 1. The SMILES string of the molecule is CC(C)[C@@H](NC(=O)c1ccc(C2SCCS2)cc1)c1ccc2c(c1)OCCO2. The maximum atomic E-state index is 12.9. The van der Waals surface area contributed by atoms with Gasteiger partial charge in [0.2, 0.25) is 0 Å². The van der Waals surface area contributed by atoms with E-state index in [-0.39, 0.29) is 17.9 Å². The molecule has 1 atom stereocenters. The van der Waals surface area contributed by atoms with E-state index < -0.39 is 0 Å². The van der Waals surface area contributed by atoms with Gasteiger partial charge in [-0.2, -0.15) is 0 Å². The van der Waals surface area contributed by atoms with Gasteiger partial charge in [0.1, 0.15) is 13.2 Å². The Labute approximate surface area is 174 Å². The van der Waals surface area contributed by atoms with Crippen molar-refractivity contribution < 1.29 is 14.3 Å². The van der Waals surface area contributed by atoms with E-state index >= 15 is 0 Å². The average Bonchev–Trinajstić information content (AvgIpc) is 3.26. The van der Waals surface area contributed by atoms with Gasteiger partial charge in [0.25, 0.3) is 5.91 Å². The molecule has 1 amide bonds. The molecule has 0 aromatic heterocycles. The Morgan fingerprint density at radius 3 is 2.36 bits per heavy atom. The quantitative estimate of drug-likeness (QED) is 0.739. The lowest BCUT2D eigenvalue weighted by molar-refractivity contribution is 0.0925. The topological polar surface area (TPSA) is 47.6 Å². The highest BCUT2D eigenvalue weighted by molar-refractivity contribution is 8.19. The van der Waals surface area contributed by atoms with Gasteiger partial charge in [-0.25, -0.2) is 0 Å². The van der Waals surface area contributed by atoms with E-state index in [1.165, 1.54) is 17.1 Å². The van der Waals surface area contributed by atoms with Crippen LogP contribution in [-0.2, 0) is 0 Å². The number of amides is 1. The Bertz CT molecular complexity index is 832. The number of hydrogen-bond acceptors (Lipinski definition) is 5. The van der Waals surface area contributed by atoms with Gasteiger partial charge in [-0.05, 0) is 41.3 Å². The van der Waals surface area contributed by atoms with Crippen LogP contribution in [0, 0.1) is 5.92 Å². The summed E-state index contributed by atoms with van der Waals surface area (Å²) in [4.78, 5) is 12.9. The highest BCUT2D eigenvalue weighted by Crippen LogP contribution is 2.45. The normalized spacial score (nSPS) is 17.5. The highest BCUT2D eigenvalue weighted by Gasteiger charge is 2.23. The van der Waals surface area contributed by atoms with Crippen molar-refractivity contribution in [3.63, 3.8) is 0 Å². The fraction of sp³-hybridized carbons (Fsp3) is 0.409. The molecule has 2 heterocycles. The molecule has 2 aromatic carbocycles. The molecular weight excluding hydrogens is 390 g/mol. The molecule has 4 rings (SSSR count). The van der Waals surface area contributed by atoms with Crippen LogP contribution >= 0.6 is 23.5 Å². The lowest BCUT2D eigenvalue weighted by atomic mass is 9.95. The summed E-state index contributed by atoms with van der Waals surface area (Å²) in [6, 6.07) is 13.9. The van der Waals surface area contributed by atoms with E-state index in [0.29, 0.717) is 23.4 Å². The zero-order valence-corrected chi connectivity index (χ0v) is 17.8. The molecule has 1 fully saturated rings. The summed E-state index contributed by atoms with van der Waals surface area (Å²) in [5, 5.41) is 3.20. The molecule has 148 valence electrons. The Balaban J connectivity index is 1.49. The molecule has 1 N–H and O–H groups in total. The van der Waals surface area contributed by atoms with Gasteiger partial charge in [-0.15, -0.1) is 23.5 Å². The molecule has 2 aliphatic heterocycles. The number of rotatable bonds is 5. The number of fused-ring (bicyclic) bond motifs is 1. The third-order valence-electron chi connectivity index (χ3n) is 4.95. The van der Waals surface area contributed by atoms with Crippen molar-refractivity contribution in [2.24, 2.45) is 5.92 Å². The maximum absolute atomic E-state index is 12.9. The molecule has 4 nitrogen and oxygen atoms in total. The lowest BCUT2D eigenvalue weighted by Gasteiger charge is -2.25. The average molecular weight is 416 g/mol. The van der Waals surface area contributed by atoms with Crippen LogP contribution in [0.25, 0.3) is 0 Å². The molecule has 28 heavy (non-hydrogen) atoms. The summed E-state index contributed by atoms with van der Waals surface area (Å²) in [6.45, 7) is 5.35. The summed E-state index contributed by atoms with van der Waals surface area (Å²) in [5.41, 5.74) is 3.01. The van der Waals surface area contributed by atoms with Crippen molar-refractivity contribution in [2.75, 3.05) is 24.7 Å².